The number of hydrogen-bond acceptors (Lipinski definition) is 2. The molecule has 1 aliphatic rings. The number of nitrogens with zero attached hydrogens (tertiary/aromatic N) is 1. The number of para-hydroxylation sites is 2. The van der Waals surface area contributed by atoms with Crippen LogP contribution in [-0.2, 0) is 6.54 Å². The van der Waals surface area contributed by atoms with Gasteiger partial charge in [-0.1, -0.05) is 79.0 Å². The number of halogens is 1. The number of carbonyl (C=O) groups is 2. The summed E-state index contributed by atoms with van der Waals surface area (Å²) in [6.07, 6.45) is 3.61. The van der Waals surface area contributed by atoms with Gasteiger partial charge in [0, 0.05) is 11.6 Å². The molecule has 6 nitrogen and oxygen atoms in total. The first-order valence-electron chi connectivity index (χ1n) is 11.6. The highest BCUT2D eigenvalue weighted by molar-refractivity contribution is 6.31. The van der Waals surface area contributed by atoms with Crippen LogP contribution in [0.15, 0.2) is 84.9 Å². The molecule has 4 amide bonds. The summed E-state index contributed by atoms with van der Waals surface area (Å²) in [7, 11) is 0. The van der Waals surface area contributed by atoms with Gasteiger partial charge in [0.15, 0.2) is 0 Å². The molecule has 0 bridgehead atoms. The lowest BCUT2D eigenvalue weighted by Gasteiger charge is -2.34. The van der Waals surface area contributed by atoms with Crippen LogP contribution in [0.5, 0.6) is 0 Å². The summed E-state index contributed by atoms with van der Waals surface area (Å²) in [6.45, 7) is 0.338. The van der Waals surface area contributed by atoms with E-state index in [1.165, 1.54) is 0 Å². The van der Waals surface area contributed by atoms with Crippen molar-refractivity contribution < 1.29 is 9.59 Å². The van der Waals surface area contributed by atoms with Crippen molar-refractivity contribution in [3.05, 3.63) is 95.5 Å². The Bertz CT molecular complexity index is 1050. The molecular formula is C27H29ClN4O2. The van der Waals surface area contributed by atoms with Gasteiger partial charge in [-0.05, 0) is 48.7 Å². The Morgan fingerprint density at radius 3 is 1.88 bits per heavy atom. The lowest BCUT2D eigenvalue weighted by Crippen LogP contribution is -2.56. The van der Waals surface area contributed by atoms with Gasteiger partial charge in [-0.2, -0.15) is 0 Å². The van der Waals surface area contributed by atoms with Crippen molar-refractivity contribution >= 4 is 35.0 Å². The van der Waals surface area contributed by atoms with Gasteiger partial charge in [-0.15, -0.1) is 0 Å². The summed E-state index contributed by atoms with van der Waals surface area (Å²) in [5.41, 5.74) is 2.42. The fraction of sp³-hybridized carbons (Fsp3) is 0.259. The van der Waals surface area contributed by atoms with Crippen LogP contribution in [0, 0.1) is 0 Å². The minimum atomic E-state index is -0.269. The molecule has 0 spiro atoms. The fourth-order valence-corrected chi connectivity index (χ4v) is 4.48. The van der Waals surface area contributed by atoms with Crippen LogP contribution in [0.4, 0.5) is 21.0 Å². The Labute approximate surface area is 205 Å². The second kappa shape index (κ2) is 11.6. The number of anilines is 2. The third-order valence-electron chi connectivity index (χ3n) is 6.02. The zero-order valence-electron chi connectivity index (χ0n) is 18.9. The maximum atomic E-state index is 13.5. The summed E-state index contributed by atoms with van der Waals surface area (Å²) >= 11 is 6.19. The fourth-order valence-electron chi connectivity index (χ4n) is 4.27. The van der Waals surface area contributed by atoms with Crippen molar-refractivity contribution in [2.75, 3.05) is 4.90 Å². The number of carbonyl (C=O) groups excluding carboxylic acids is 2. The largest absolute Gasteiger partial charge is 0.334 e. The molecule has 1 fully saturated rings. The van der Waals surface area contributed by atoms with E-state index in [-0.39, 0.29) is 24.1 Å². The highest BCUT2D eigenvalue weighted by atomic mass is 35.5. The van der Waals surface area contributed by atoms with Crippen molar-refractivity contribution in [1.82, 2.24) is 16.0 Å². The van der Waals surface area contributed by atoms with Crippen LogP contribution >= 0.6 is 11.6 Å². The molecule has 0 aromatic heterocycles. The van der Waals surface area contributed by atoms with Crippen molar-refractivity contribution in [3.8, 4) is 0 Å². The van der Waals surface area contributed by atoms with E-state index in [1.807, 2.05) is 78.9 Å². The molecule has 2 atom stereocenters. The Morgan fingerprint density at radius 2 is 1.29 bits per heavy atom. The lowest BCUT2D eigenvalue weighted by molar-refractivity contribution is 0.217. The molecular weight excluding hydrogens is 448 g/mol. The molecule has 2 unspecified atom stereocenters. The maximum absolute atomic E-state index is 13.5. The third kappa shape index (κ3) is 6.08. The smallest absolute Gasteiger partial charge is 0.326 e. The van der Waals surface area contributed by atoms with E-state index in [4.69, 9.17) is 11.6 Å². The van der Waals surface area contributed by atoms with E-state index in [0.717, 1.165) is 42.6 Å². The quantitative estimate of drug-likeness (QED) is 0.408. The SMILES string of the molecule is O=C(NCc1ccccc1Cl)NC1CCCCC1NC(=O)N(c1ccccc1)c1ccccc1. The van der Waals surface area contributed by atoms with Gasteiger partial charge >= 0.3 is 12.1 Å². The van der Waals surface area contributed by atoms with Crippen LogP contribution in [-0.4, -0.2) is 24.1 Å². The van der Waals surface area contributed by atoms with Gasteiger partial charge in [-0.3, -0.25) is 4.90 Å². The molecule has 0 radical (unpaired) electrons. The highest BCUT2D eigenvalue weighted by Gasteiger charge is 2.30. The lowest BCUT2D eigenvalue weighted by atomic mass is 9.90. The number of nitrogens with one attached hydrogen (secondary N) is 3. The van der Waals surface area contributed by atoms with E-state index < -0.39 is 0 Å². The molecule has 4 rings (SSSR count). The van der Waals surface area contributed by atoms with Crippen LogP contribution in [0.25, 0.3) is 0 Å². The molecule has 3 N–H and O–H groups in total. The molecule has 0 saturated heterocycles. The van der Waals surface area contributed by atoms with Crippen molar-refractivity contribution in [1.29, 1.82) is 0 Å². The van der Waals surface area contributed by atoms with Gasteiger partial charge in [0.2, 0.25) is 0 Å². The minimum absolute atomic E-state index is 0.155. The number of benzene rings is 3. The van der Waals surface area contributed by atoms with E-state index in [9.17, 15) is 9.59 Å². The van der Waals surface area contributed by atoms with E-state index in [1.54, 1.807) is 11.0 Å². The van der Waals surface area contributed by atoms with Gasteiger partial charge in [0.1, 0.15) is 0 Å². The van der Waals surface area contributed by atoms with Crippen LogP contribution in [0.1, 0.15) is 31.2 Å². The molecule has 1 saturated carbocycles. The standard InChI is InChI=1S/C27H29ClN4O2/c28-23-16-8-7-11-20(23)19-29-26(33)30-24-17-9-10-18-25(24)31-27(34)32(21-12-3-1-4-13-21)22-14-5-2-6-15-22/h1-8,11-16,24-25H,9-10,17-19H2,(H,31,34)(H2,29,30,33). The van der Waals surface area contributed by atoms with E-state index >= 15 is 0 Å². The average Bonchev–Trinajstić information content (AvgIpc) is 2.86. The second-order valence-electron chi connectivity index (χ2n) is 8.37. The van der Waals surface area contributed by atoms with Gasteiger partial charge in [-0.25, -0.2) is 9.59 Å². The normalized spacial score (nSPS) is 17.4. The molecule has 176 valence electrons. The van der Waals surface area contributed by atoms with E-state index in [2.05, 4.69) is 16.0 Å². The molecule has 0 heterocycles. The zero-order valence-corrected chi connectivity index (χ0v) is 19.7. The monoisotopic (exact) mass is 476 g/mol. The average molecular weight is 477 g/mol. The number of amides is 4. The Hall–Kier alpha value is -3.51. The van der Waals surface area contributed by atoms with Crippen molar-refractivity contribution in [2.24, 2.45) is 0 Å². The summed E-state index contributed by atoms with van der Waals surface area (Å²) in [4.78, 5) is 27.7. The van der Waals surface area contributed by atoms with Gasteiger partial charge < -0.3 is 16.0 Å². The number of hydrogen-bond donors (Lipinski definition) is 3. The Kier molecular flexibility index (Phi) is 8.04. The summed E-state index contributed by atoms with van der Waals surface area (Å²) in [5.74, 6) is 0. The molecule has 3 aromatic rings. The summed E-state index contributed by atoms with van der Waals surface area (Å²) < 4.78 is 0. The molecule has 3 aromatic carbocycles. The predicted octanol–water partition coefficient (Wildman–Crippen LogP) is 6.00. The first-order chi connectivity index (χ1) is 16.6. The zero-order chi connectivity index (χ0) is 23.8. The Morgan fingerprint density at radius 1 is 0.765 bits per heavy atom. The van der Waals surface area contributed by atoms with Gasteiger partial charge in [0.05, 0.1) is 23.5 Å². The van der Waals surface area contributed by atoms with Crippen molar-refractivity contribution in [3.63, 3.8) is 0 Å². The number of rotatable bonds is 6. The molecule has 34 heavy (non-hydrogen) atoms. The maximum Gasteiger partial charge on any atom is 0.326 e. The Balaban J connectivity index is 1.42. The highest BCUT2D eigenvalue weighted by Crippen LogP contribution is 2.26. The topological polar surface area (TPSA) is 73.5 Å². The van der Waals surface area contributed by atoms with Crippen LogP contribution < -0.4 is 20.9 Å². The van der Waals surface area contributed by atoms with Gasteiger partial charge in [0.25, 0.3) is 0 Å². The van der Waals surface area contributed by atoms with Crippen LogP contribution in [0.3, 0.4) is 0 Å². The minimum Gasteiger partial charge on any atom is -0.334 e. The summed E-state index contributed by atoms with van der Waals surface area (Å²) in [5, 5.41) is 9.73. The molecule has 7 heteroatoms. The first-order valence-corrected chi connectivity index (χ1v) is 12.0. The first kappa shape index (κ1) is 23.6. The number of urea groups is 2. The molecule has 0 aliphatic heterocycles. The third-order valence-corrected chi connectivity index (χ3v) is 6.39. The van der Waals surface area contributed by atoms with E-state index in [0.29, 0.717) is 11.6 Å². The van der Waals surface area contributed by atoms with Crippen molar-refractivity contribution in [2.45, 2.75) is 44.3 Å². The predicted molar refractivity (Wildman–Crippen MR) is 136 cm³/mol. The molecule has 1 aliphatic carbocycles. The summed E-state index contributed by atoms with van der Waals surface area (Å²) in [6, 6.07) is 25.7. The van der Waals surface area contributed by atoms with Crippen LogP contribution in [0.2, 0.25) is 5.02 Å². The second-order valence-corrected chi connectivity index (χ2v) is 8.78.